The zero-order valence-electron chi connectivity index (χ0n) is 15.1. The highest BCUT2D eigenvalue weighted by Crippen LogP contribution is 2.27. The van der Waals surface area contributed by atoms with Crippen molar-refractivity contribution < 1.29 is 9.59 Å². The van der Waals surface area contributed by atoms with Crippen molar-refractivity contribution in [2.75, 3.05) is 17.2 Å². The Hall–Kier alpha value is -2.38. The van der Waals surface area contributed by atoms with Gasteiger partial charge >= 0.3 is 0 Å². The van der Waals surface area contributed by atoms with Crippen LogP contribution in [-0.4, -0.2) is 40.4 Å². The number of nitrogens with zero attached hydrogens (tertiary/aromatic N) is 2. The number of primary amides is 1. The van der Waals surface area contributed by atoms with Crippen molar-refractivity contribution in [1.82, 2.24) is 15.3 Å². The van der Waals surface area contributed by atoms with Crippen molar-refractivity contribution >= 4 is 23.6 Å². The third-order valence-electron chi connectivity index (χ3n) is 4.26. The number of rotatable bonds is 7. The molecule has 0 unspecified atom stereocenters. The summed E-state index contributed by atoms with van der Waals surface area (Å²) >= 11 is 0. The molecule has 0 aliphatic heterocycles. The van der Waals surface area contributed by atoms with Crippen molar-refractivity contribution in [2.45, 2.75) is 58.5 Å². The second kappa shape index (κ2) is 8.64. The van der Waals surface area contributed by atoms with Gasteiger partial charge in [-0.1, -0.05) is 0 Å². The highest BCUT2D eigenvalue weighted by atomic mass is 16.2. The Bertz CT molecular complexity index is 611. The van der Waals surface area contributed by atoms with Crippen LogP contribution >= 0.6 is 0 Å². The molecule has 1 aromatic heterocycles. The summed E-state index contributed by atoms with van der Waals surface area (Å²) in [6.07, 6.45) is 4.77. The lowest BCUT2D eigenvalue weighted by molar-refractivity contribution is -0.125. The fraction of sp³-hybridized carbons (Fsp3) is 0.647. The molecule has 0 atom stereocenters. The number of aromatic nitrogens is 2. The summed E-state index contributed by atoms with van der Waals surface area (Å²) in [4.78, 5) is 32.1. The van der Waals surface area contributed by atoms with Gasteiger partial charge in [-0.05, 0) is 46.5 Å². The first-order valence-electron chi connectivity index (χ1n) is 8.88. The Balaban J connectivity index is 2.04. The first-order valence-corrected chi connectivity index (χ1v) is 8.88. The molecular weight excluding hydrogens is 320 g/mol. The number of carbonyl (C=O) groups is 2. The van der Waals surface area contributed by atoms with Gasteiger partial charge < -0.3 is 21.7 Å². The minimum atomic E-state index is -0.561. The summed E-state index contributed by atoms with van der Waals surface area (Å²) in [5.41, 5.74) is 5.71. The van der Waals surface area contributed by atoms with Crippen molar-refractivity contribution in [2.24, 2.45) is 11.7 Å². The zero-order chi connectivity index (χ0) is 18.4. The van der Waals surface area contributed by atoms with Gasteiger partial charge in [0.15, 0.2) is 0 Å². The van der Waals surface area contributed by atoms with Crippen molar-refractivity contribution in [3.05, 3.63) is 11.8 Å². The maximum Gasteiger partial charge on any atom is 0.254 e. The molecule has 1 heterocycles. The molecule has 0 aromatic carbocycles. The second-order valence-corrected chi connectivity index (χ2v) is 6.71. The summed E-state index contributed by atoms with van der Waals surface area (Å²) in [6, 6.07) is 0.338. The van der Waals surface area contributed by atoms with E-state index in [0.29, 0.717) is 18.3 Å². The molecule has 8 heteroatoms. The van der Waals surface area contributed by atoms with Crippen LogP contribution in [0.2, 0.25) is 0 Å². The normalized spacial score (nSPS) is 20.2. The van der Waals surface area contributed by atoms with Crippen LogP contribution in [0.1, 0.15) is 56.8 Å². The average Bonchev–Trinajstić information content (AvgIpc) is 2.55. The lowest BCUT2D eigenvalue weighted by Crippen LogP contribution is -2.36. The second-order valence-electron chi connectivity index (χ2n) is 6.71. The van der Waals surface area contributed by atoms with E-state index >= 15 is 0 Å². The smallest absolute Gasteiger partial charge is 0.254 e. The zero-order valence-corrected chi connectivity index (χ0v) is 15.1. The van der Waals surface area contributed by atoms with Crippen LogP contribution in [0.5, 0.6) is 0 Å². The number of nitrogens with one attached hydrogen (secondary N) is 3. The SMILES string of the molecule is CCNC(=O)C1CCC(Nc2nc(NC(C)C)ncc2C(N)=O)CC1. The van der Waals surface area contributed by atoms with Gasteiger partial charge in [-0.25, -0.2) is 4.98 Å². The van der Waals surface area contributed by atoms with Crippen molar-refractivity contribution in [3.63, 3.8) is 0 Å². The van der Waals surface area contributed by atoms with Crippen molar-refractivity contribution in [3.8, 4) is 0 Å². The molecule has 1 fully saturated rings. The molecule has 2 rings (SSSR count). The number of anilines is 2. The molecule has 0 spiro atoms. The van der Waals surface area contributed by atoms with Gasteiger partial charge in [0.2, 0.25) is 11.9 Å². The molecule has 1 saturated carbocycles. The van der Waals surface area contributed by atoms with Crippen LogP contribution in [0.3, 0.4) is 0 Å². The molecule has 1 aliphatic carbocycles. The predicted octanol–water partition coefficient (Wildman–Crippen LogP) is 1.50. The fourth-order valence-corrected chi connectivity index (χ4v) is 3.01. The molecule has 138 valence electrons. The maximum atomic E-state index is 11.9. The molecule has 1 aliphatic rings. The minimum Gasteiger partial charge on any atom is -0.367 e. The summed E-state index contributed by atoms with van der Waals surface area (Å²) in [5.74, 6) is 0.543. The van der Waals surface area contributed by atoms with Crippen LogP contribution in [-0.2, 0) is 4.79 Å². The molecule has 5 N–H and O–H groups in total. The summed E-state index contributed by atoms with van der Waals surface area (Å²) in [5, 5.41) is 9.31. The number of hydrogen-bond donors (Lipinski definition) is 4. The lowest BCUT2D eigenvalue weighted by atomic mass is 9.85. The number of nitrogens with two attached hydrogens (primary N) is 1. The number of hydrogen-bond acceptors (Lipinski definition) is 6. The van der Waals surface area contributed by atoms with Crippen molar-refractivity contribution in [1.29, 1.82) is 0 Å². The topological polar surface area (TPSA) is 122 Å². The molecule has 0 bridgehead atoms. The van der Waals surface area contributed by atoms with Gasteiger partial charge in [-0.2, -0.15) is 4.98 Å². The first-order chi connectivity index (χ1) is 11.9. The summed E-state index contributed by atoms with van der Waals surface area (Å²) in [6.45, 7) is 6.56. The Morgan fingerprint density at radius 1 is 1.28 bits per heavy atom. The fourth-order valence-electron chi connectivity index (χ4n) is 3.01. The molecule has 25 heavy (non-hydrogen) atoms. The third kappa shape index (κ3) is 5.30. The predicted molar refractivity (Wildman–Crippen MR) is 97.4 cm³/mol. The first kappa shape index (κ1) is 19.0. The standard InChI is InChI=1S/C17H28N6O2/c1-4-19-16(25)11-5-7-12(8-6-11)22-15-13(14(18)24)9-20-17(23-15)21-10(2)3/h9-12H,4-8H2,1-3H3,(H2,18,24)(H,19,25)(H2,20,21,22,23). The van der Waals surface area contributed by atoms with E-state index in [-0.39, 0.29) is 29.5 Å². The Morgan fingerprint density at radius 2 is 1.96 bits per heavy atom. The maximum absolute atomic E-state index is 11.9. The molecule has 0 saturated heterocycles. The lowest BCUT2D eigenvalue weighted by Gasteiger charge is -2.29. The Kier molecular flexibility index (Phi) is 6.55. The van der Waals surface area contributed by atoms with Gasteiger partial charge in [0, 0.05) is 30.7 Å². The van der Waals surface area contributed by atoms with Crippen LogP contribution in [0.15, 0.2) is 6.20 Å². The minimum absolute atomic E-state index is 0.0668. The third-order valence-corrected chi connectivity index (χ3v) is 4.26. The van der Waals surface area contributed by atoms with Gasteiger partial charge in [0.1, 0.15) is 5.82 Å². The van der Waals surface area contributed by atoms with E-state index in [0.717, 1.165) is 25.7 Å². The van der Waals surface area contributed by atoms with E-state index in [1.165, 1.54) is 6.20 Å². The summed E-state index contributed by atoms with van der Waals surface area (Å²) in [7, 11) is 0. The van der Waals surface area contributed by atoms with E-state index in [2.05, 4.69) is 25.9 Å². The molecular formula is C17H28N6O2. The highest BCUT2D eigenvalue weighted by Gasteiger charge is 2.27. The molecule has 0 radical (unpaired) electrons. The monoisotopic (exact) mass is 348 g/mol. The average molecular weight is 348 g/mol. The van der Waals surface area contributed by atoms with Gasteiger partial charge in [0.25, 0.3) is 5.91 Å². The van der Waals surface area contributed by atoms with Crippen LogP contribution in [0.4, 0.5) is 11.8 Å². The van der Waals surface area contributed by atoms with E-state index in [9.17, 15) is 9.59 Å². The van der Waals surface area contributed by atoms with Crippen LogP contribution < -0.4 is 21.7 Å². The number of amides is 2. The Morgan fingerprint density at radius 3 is 2.52 bits per heavy atom. The van der Waals surface area contributed by atoms with E-state index < -0.39 is 5.91 Å². The van der Waals surface area contributed by atoms with E-state index in [4.69, 9.17) is 5.73 Å². The Labute approximate surface area is 148 Å². The van der Waals surface area contributed by atoms with Gasteiger partial charge in [-0.15, -0.1) is 0 Å². The number of carbonyl (C=O) groups excluding carboxylic acids is 2. The summed E-state index contributed by atoms with van der Waals surface area (Å²) < 4.78 is 0. The van der Waals surface area contributed by atoms with E-state index in [1.54, 1.807) is 0 Å². The quantitative estimate of drug-likeness (QED) is 0.592. The van der Waals surface area contributed by atoms with Crippen LogP contribution in [0, 0.1) is 5.92 Å². The van der Waals surface area contributed by atoms with E-state index in [1.807, 2.05) is 20.8 Å². The highest BCUT2D eigenvalue weighted by molar-refractivity contribution is 5.97. The largest absolute Gasteiger partial charge is 0.367 e. The van der Waals surface area contributed by atoms with Gasteiger partial charge in [0.05, 0.1) is 5.56 Å². The molecule has 2 amide bonds. The molecule has 1 aromatic rings. The molecule has 8 nitrogen and oxygen atoms in total. The van der Waals surface area contributed by atoms with Crippen LogP contribution in [0.25, 0.3) is 0 Å². The van der Waals surface area contributed by atoms with Gasteiger partial charge in [-0.3, -0.25) is 9.59 Å².